The van der Waals surface area contributed by atoms with Crippen molar-refractivity contribution in [3.05, 3.63) is 0 Å². The van der Waals surface area contributed by atoms with E-state index in [2.05, 4.69) is 44.9 Å². The molecule has 2 unspecified atom stereocenters. The Bertz CT molecular complexity index is 229. The van der Waals surface area contributed by atoms with Gasteiger partial charge in [-0.25, -0.2) is 0 Å². The zero-order chi connectivity index (χ0) is 16.1. The quantitative estimate of drug-likeness (QED) is 0.282. The Labute approximate surface area is 134 Å². The van der Waals surface area contributed by atoms with Gasteiger partial charge in [-0.05, 0) is 32.9 Å². The maximum absolute atomic E-state index is 5.89. The third-order valence-corrected chi connectivity index (χ3v) is 5.25. The average Bonchev–Trinajstić information content (AvgIpc) is 2.51. The summed E-state index contributed by atoms with van der Waals surface area (Å²) >= 11 is 0. The molecule has 0 saturated heterocycles. The number of likely N-dealkylation sites (N-methyl/N-ethyl adjacent to an activating group) is 1. The van der Waals surface area contributed by atoms with Gasteiger partial charge in [0.05, 0.1) is 0 Å². The molecule has 21 heavy (non-hydrogen) atoms. The highest BCUT2D eigenvalue weighted by atomic mass is 15.3. The summed E-state index contributed by atoms with van der Waals surface area (Å²) in [5.74, 6) is 5.89. The van der Waals surface area contributed by atoms with E-state index in [1.807, 2.05) is 0 Å². The number of nitrogens with two attached hydrogens (primary N) is 1. The van der Waals surface area contributed by atoms with E-state index >= 15 is 0 Å². The normalized spacial score (nSPS) is 16.1. The molecule has 0 aromatic heterocycles. The summed E-state index contributed by atoms with van der Waals surface area (Å²) in [7, 11) is 0. The van der Waals surface area contributed by atoms with Gasteiger partial charge >= 0.3 is 0 Å². The molecule has 0 aliphatic rings. The summed E-state index contributed by atoms with van der Waals surface area (Å²) in [6.45, 7) is 13.6. The maximum Gasteiger partial charge on any atom is 0.0391 e. The van der Waals surface area contributed by atoms with E-state index in [0.717, 1.165) is 19.5 Å². The Morgan fingerprint density at radius 2 is 1.43 bits per heavy atom. The Morgan fingerprint density at radius 1 is 0.905 bits per heavy atom. The van der Waals surface area contributed by atoms with E-state index < -0.39 is 0 Å². The van der Waals surface area contributed by atoms with E-state index in [1.54, 1.807) is 0 Å². The molecule has 0 saturated carbocycles. The third-order valence-electron chi connectivity index (χ3n) is 5.25. The highest BCUT2D eigenvalue weighted by Gasteiger charge is 2.35. The van der Waals surface area contributed by atoms with Crippen LogP contribution in [0.25, 0.3) is 0 Å². The number of nitrogens with zero attached hydrogens (tertiary/aromatic N) is 1. The van der Waals surface area contributed by atoms with Crippen LogP contribution in [0, 0.1) is 0 Å². The number of rotatable bonds is 14. The summed E-state index contributed by atoms with van der Waals surface area (Å²) in [4.78, 5) is 2.55. The largest absolute Gasteiger partial charge is 0.297 e. The van der Waals surface area contributed by atoms with Crippen LogP contribution in [0.5, 0.6) is 0 Å². The van der Waals surface area contributed by atoms with Crippen molar-refractivity contribution in [2.24, 2.45) is 5.84 Å². The van der Waals surface area contributed by atoms with Gasteiger partial charge in [-0.15, -0.1) is 0 Å². The summed E-state index contributed by atoms with van der Waals surface area (Å²) in [6, 6.07) is 0.387. The van der Waals surface area contributed by atoms with Gasteiger partial charge in [0.25, 0.3) is 0 Å². The highest BCUT2D eigenvalue weighted by molar-refractivity contribution is 4.94. The Balaban J connectivity index is 4.22. The average molecular weight is 300 g/mol. The Kier molecular flexibility index (Phi) is 12.4. The fourth-order valence-corrected chi connectivity index (χ4v) is 3.52. The second kappa shape index (κ2) is 12.4. The first-order valence-electron chi connectivity index (χ1n) is 9.31. The highest BCUT2D eigenvalue weighted by Crippen LogP contribution is 2.26. The molecule has 0 aliphatic carbocycles. The lowest BCUT2D eigenvalue weighted by Crippen LogP contribution is -2.60. The van der Waals surface area contributed by atoms with Crippen molar-refractivity contribution in [3.8, 4) is 0 Å². The lowest BCUT2D eigenvalue weighted by molar-refractivity contribution is 0.0656. The van der Waals surface area contributed by atoms with Crippen LogP contribution in [0.1, 0.15) is 92.4 Å². The molecule has 0 radical (unpaired) electrons. The van der Waals surface area contributed by atoms with Gasteiger partial charge in [-0.2, -0.15) is 0 Å². The van der Waals surface area contributed by atoms with Crippen molar-refractivity contribution in [1.29, 1.82) is 0 Å². The van der Waals surface area contributed by atoms with Gasteiger partial charge in [0.15, 0.2) is 0 Å². The van der Waals surface area contributed by atoms with Crippen LogP contribution < -0.4 is 11.3 Å². The number of hydrazine groups is 1. The molecule has 3 N–H and O–H groups in total. The first-order chi connectivity index (χ1) is 10.1. The predicted molar refractivity (Wildman–Crippen MR) is 95.3 cm³/mol. The standard InChI is InChI=1S/C18H41N3/c1-6-10-11-12-13-14-15-16-17(20-19)18(5,7-2)21(8-3)9-4/h17,20H,6-16,19H2,1-5H3. The topological polar surface area (TPSA) is 41.3 Å². The SMILES string of the molecule is CCCCCCCCCC(NN)C(C)(CC)N(CC)CC. The third kappa shape index (κ3) is 7.12. The van der Waals surface area contributed by atoms with Gasteiger partial charge in [0.2, 0.25) is 0 Å². The molecular formula is C18H41N3. The molecule has 3 heteroatoms. The van der Waals surface area contributed by atoms with Crippen molar-refractivity contribution in [2.75, 3.05) is 13.1 Å². The zero-order valence-electron chi connectivity index (χ0n) is 15.4. The molecule has 0 fully saturated rings. The predicted octanol–water partition coefficient (Wildman–Crippen LogP) is 4.47. The molecule has 0 amide bonds. The number of hydrogen-bond donors (Lipinski definition) is 2. The van der Waals surface area contributed by atoms with Crippen LogP contribution in [0.3, 0.4) is 0 Å². The first kappa shape index (κ1) is 20.9. The fraction of sp³-hybridized carbons (Fsp3) is 1.00. The van der Waals surface area contributed by atoms with Crippen molar-refractivity contribution in [2.45, 2.75) is 104 Å². The van der Waals surface area contributed by atoms with Crippen LogP contribution >= 0.6 is 0 Å². The molecule has 0 heterocycles. The van der Waals surface area contributed by atoms with Crippen molar-refractivity contribution in [1.82, 2.24) is 10.3 Å². The molecule has 0 aromatic carbocycles. The molecule has 0 spiro atoms. The first-order valence-corrected chi connectivity index (χ1v) is 9.31. The Morgan fingerprint density at radius 3 is 1.86 bits per heavy atom. The molecule has 0 aliphatic heterocycles. The van der Waals surface area contributed by atoms with Gasteiger partial charge in [0, 0.05) is 11.6 Å². The molecular weight excluding hydrogens is 258 g/mol. The number of hydrogen-bond acceptors (Lipinski definition) is 3. The van der Waals surface area contributed by atoms with E-state index in [4.69, 9.17) is 5.84 Å². The van der Waals surface area contributed by atoms with Gasteiger partial charge in [-0.1, -0.05) is 72.6 Å². The molecule has 128 valence electrons. The monoisotopic (exact) mass is 299 g/mol. The van der Waals surface area contributed by atoms with E-state index in [-0.39, 0.29) is 5.54 Å². The zero-order valence-corrected chi connectivity index (χ0v) is 15.4. The lowest BCUT2D eigenvalue weighted by Gasteiger charge is -2.45. The molecule has 0 aromatic rings. The number of unbranched alkanes of at least 4 members (excludes halogenated alkanes) is 6. The summed E-state index contributed by atoms with van der Waals surface area (Å²) in [6.07, 6.45) is 11.9. The van der Waals surface area contributed by atoms with Crippen LogP contribution in [-0.2, 0) is 0 Å². The van der Waals surface area contributed by atoms with Crippen molar-refractivity contribution in [3.63, 3.8) is 0 Å². The molecule has 0 bridgehead atoms. The minimum atomic E-state index is 0.167. The molecule has 2 atom stereocenters. The van der Waals surface area contributed by atoms with Gasteiger partial charge in [0.1, 0.15) is 0 Å². The summed E-state index contributed by atoms with van der Waals surface area (Å²) in [5, 5.41) is 0. The minimum Gasteiger partial charge on any atom is -0.297 e. The summed E-state index contributed by atoms with van der Waals surface area (Å²) in [5.41, 5.74) is 3.28. The van der Waals surface area contributed by atoms with Gasteiger partial charge in [-0.3, -0.25) is 16.2 Å². The second-order valence-corrected chi connectivity index (χ2v) is 6.51. The van der Waals surface area contributed by atoms with Gasteiger partial charge < -0.3 is 0 Å². The van der Waals surface area contributed by atoms with E-state index in [1.165, 1.54) is 51.4 Å². The lowest BCUT2D eigenvalue weighted by atomic mass is 9.84. The van der Waals surface area contributed by atoms with Crippen LogP contribution in [0.2, 0.25) is 0 Å². The molecule has 0 rings (SSSR count). The molecule has 3 nitrogen and oxygen atoms in total. The second-order valence-electron chi connectivity index (χ2n) is 6.51. The van der Waals surface area contributed by atoms with E-state index in [0.29, 0.717) is 6.04 Å². The fourth-order valence-electron chi connectivity index (χ4n) is 3.52. The van der Waals surface area contributed by atoms with Crippen LogP contribution in [-0.4, -0.2) is 29.6 Å². The van der Waals surface area contributed by atoms with E-state index in [9.17, 15) is 0 Å². The Hall–Kier alpha value is -0.120. The van der Waals surface area contributed by atoms with Crippen LogP contribution in [0.15, 0.2) is 0 Å². The maximum atomic E-state index is 5.89. The van der Waals surface area contributed by atoms with Crippen LogP contribution in [0.4, 0.5) is 0 Å². The number of nitrogens with one attached hydrogen (secondary N) is 1. The minimum absolute atomic E-state index is 0.167. The smallest absolute Gasteiger partial charge is 0.0391 e. The van der Waals surface area contributed by atoms with Crippen molar-refractivity contribution >= 4 is 0 Å². The summed E-state index contributed by atoms with van der Waals surface area (Å²) < 4.78 is 0. The van der Waals surface area contributed by atoms with Crippen molar-refractivity contribution < 1.29 is 0 Å².